The van der Waals surface area contributed by atoms with Crippen LogP contribution in [-0.2, 0) is 13.6 Å². The number of rotatable bonds is 6. The molecule has 0 spiro atoms. The highest BCUT2D eigenvalue weighted by atomic mass is 19.1. The number of nitrogens with two attached hydrogens (primary N) is 1. The highest BCUT2D eigenvalue weighted by molar-refractivity contribution is 5.68. The topological polar surface area (TPSA) is 78.0 Å². The zero-order valence-electron chi connectivity index (χ0n) is 11.6. The zero-order chi connectivity index (χ0) is 14.5. The van der Waals surface area contributed by atoms with Gasteiger partial charge in [-0.05, 0) is 6.42 Å². The van der Waals surface area contributed by atoms with E-state index in [0.717, 1.165) is 12.2 Å². The third-order valence-electron chi connectivity index (χ3n) is 2.81. The first-order chi connectivity index (χ1) is 9.61. The van der Waals surface area contributed by atoms with Gasteiger partial charge in [0.1, 0.15) is 6.33 Å². The van der Waals surface area contributed by atoms with Crippen LogP contribution in [0.25, 0.3) is 0 Å². The van der Waals surface area contributed by atoms with E-state index in [1.165, 1.54) is 6.07 Å². The van der Waals surface area contributed by atoms with Gasteiger partial charge in [-0.1, -0.05) is 6.92 Å². The molecule has 0 unspecified atom stereocenters. The molecule has 7 heteroatoms. The molecule has 2 aromatic rings. The normalized spacial score (nSPS) is 10.6. The quantitative estimate of drug-likeness (QED) is 0.790. The highest BCUT2D eigenvalue weighted by Crippen LogP contribution is 2.28. The van der Waals surface area contributed by atoms with E-state index >= 15 is 0 Å². The van der Waals surface area contributed by atoms with E-state index in [1.807, 2.05) is 14.0 Å². The number of ether oxygens (including phenoxy) is 1. The lowest BCUT2D eigenvalue weighted by atomic mass is 10.2. The molecule has 20 heavy (non-hydrogen) atoms. The summed E-state index contributed by atoms with van der Waals surface area (Å²) in [6.07, 6.45) is 2.42. The first kappa shape index (κ1) is 14.1. The molecule has 0 radical (unpaired) electrons. The third kappa shape index (κ3) is 3.17. The maximum atomic E-state index is 13.7. The van der Waals surface area contributed by atoms with Crippen LogP contribution < -0.4 is 15.8 Å². The summed E-state index contributed by atoms with van der Waals surface area (Å²) in [6, 6.07) is 2.82. The molecule has 108 valence electrons. The molecule has 0 saturated carbocycles. The van der Waals surface area contributed by atoms with Crippen LogP contribution in [0, 0.1) is 5.82 Å². The van der Waals surface area contributed by atoms with Gasteiger partial charge in [-0.15, -0.1) is 10.2 Å². The van der Waals surface area contributed by atoms with Crippen LogP contribution in [0.1, 0.15) is 19.2 Å². The van der Waals surface area contributed by atoms with Gasteiger partial charge in [0.25, 0.3) is 0 Å². The first-order valence-electron chi connectivity index (χ1n) is 6.40. The molecular weight excluding hydrogens is 261 g/mol. The van der Waals surface area contributed by atoms with Crippen LogP contribution in [0.5, 0.6) is 5.75 Å². The molecule has 0 aliphatic carbocycles. The Hall–Kier alpha value is -2.31. The summed E-state index contributed by atoms with van der Waals surface area (Å²) < 4.78 is 20.8. The van der Waals surface area contributed by atoms with E-state index in [2.05, 4.69) is 15.5 Å². The number of halogens is 1. The van der Waals surface area contributed by atoms with Gasteiger partial charge in [0.15, 0.2) is 17.4 Å². The number of aryl methyl sites for hydroxylation is 1. The SMILES string of the molecule is CCCOc1cc(NCc2nncn2C)c(N)cc1F. The maximum Gasteiger partial charge on any atom is 0.167 e. The van der Waals surface area contributed by atoms with Crippen molar-refractivity contribution < 1.29 is 9.13 Å². The number of nitrogen functional groups attached to an aromatic ring is 1. The summed E-state index contributed by atoms with van der Waals surface area (Å²) in [7, 11) is 1.85. The van der Waals surface area contributed by atoms with E-state index in [4.69, 9.17) is 10.5 Å². The standard InChI is InChI=1S/C13H18FN5O/c1-3-4-20-12-6-11(10(15)5-9(12)14)16-7-13-18-17-8-19(13)2/h5-6,8,16H,3-4,7,15H2,1-2H3. The van der Waals surface area contributed by atoms with Gasteiger partial charge < -0.3 is 20.4 Å². The van der Waals surface area contributed by atoms with Crippen molar-refractivity contribution in [1.29, 1.82) is 0 Å². The van der Waals surface area contributed by atoms with Crippen molar-refractivity contribution in [2.24, 2.45) is 7.05 Å². The summed E-state index contributed by atoms with van der Waals surface area (Å²) in [5.41, 5.74) is 6.73. The number of hydrogen-bond acceptors (Lipinski definition) is 5. The third-order valence-corrected chi connectivity index (χ3v) is 2.81. The molecule has 1 heterocycles. The van der Waals surface area contributed by atoms with Crippen LogP contribution in [0.2, 0.25) is 0 Å². The fourth-order valence-electron chi connectivity index (χ4n) is 1.69. The average molecular weight is 279 g/mol. The molecule has 0 aliphatic heterocycles. The van der Waals surface area contributed by atoms with Gasteiger partial charge >= 0.3 is 0 Å². The van der Waals surface area contributed by atoms with Crippen molar-refractivity contribution in [3.63, 3.8) is 0 Å². The van der Waals surface area contributed by atoms with Crippen molar-refractivity contribution in [3.8, 4) is 5.75 Å². The van der Waals surface area contributed by atoms with Gasteiger partial charge in [0, 0.05) is 19.2 Å². The lowest BCUT2D eigenvalue weighted by Crippen LogP contribution is -2.08. The van der Waals surface area contributed by atoms with Gasteiger partial charge in [-0.2, -0.15) is 0 Å². The minimum Gasteiger partial charge on any atom is -0.490 e. The molecule has 1 aromatic carbocycles. The van der Waals surface area contributed by atoms with Gasteiger partial charge in [-0.3, -0.25) is 0 Å². The molecule has 1 aromatic heterocycles. The fraction of sp³-hybridized carbons (Fsp3) is 0.385. The number of aromatic nitrogens is 3. The van der Waals surface area contributed by atoms with Crippen LogP contribution in [0.15, 0.2) is 18.5 Å². The van der Waals surface area contributed by atoms with E-state index < -0.39 is 5.82 Å². The maximum absolute atomic E-state index is 13.7. The molecule has 2 rings (SSSR count). The number of nitrogens with zero attached hydrogens (tertiary/aromatic N) is 3. The van der Waals surface area contributed by atoms with Crippen LogP contribution >= 0.6 is 0 Å². The molecule has 6 nitrogen and oxygen atoms in total. The Morgan fingerprint density at radius 3 is 2.90 bits per heavy atom. The molecule has 0 fully saturated rings. The molecule has 0 aliphatic rings. The van der Waals surface area contributed by atoms with E-state index in [9.17, 15) is 4.39 Å². The van der Waals surface area contributed by atoms with Crippen molar-refractivity contribution >= 4 is 11.4 Å². The first-order valence-corrected chi connectivity index (χ1v) is 6.40. The lowest BCUT2D eigenvalue weighted by Gasteiger charge is -2.12. The second kappa shape index (κ2) is 6.23. The second-order valence-electron chi connectivity index (χ2n) is 4.43. The van der Waals surface area contributed by atoms with E-state index in [1.54, 1.807) is 17.0 Å². The predicted octanol–water partition coefficient (Wildman–Crippen LogP) is 1.94. The number of hydrogen-bond donors (Lipinski definition) is 2. The number of anilines is 2. The minimum absolute atomic E-state index is 0.196. The monoisotopic (exact) mass is 279 g/mol. The van der Waals surface area contributed by atoms with Crippen LogP contribution in [0.4, 0.5) is 15.8 Å². The average Bonchev–Trinajstić information content (AvgIpc) is 2.82. The Balaban J connectivity index is 2.12. The summed E-state index contributed by atoms with van der Waals surface area (Å²) in [4.78, 5) is 0. The van der Waals surface area contributed by atoms with Crippen LogP contribution in [0.3, 0.4) is 0 Å². The summed E-state index contributed by atoms with van der Waals surface area (Å²) in [6.45, 7) is 2.87. The lowest BCUT2D eigenvalue weighted by molar-refractivity contribution is 0.301. The van der Waals surface area contributed by atoms with Gasteiger partial charge in [0.2, 0.25) is 0 Å². The Labute approximate surface area is 116 Å². The second-order valence-corrected chi connectivity index (χ2v) is 4.43. The number of benzene rings is 1. The van der Waals surface area contributed by atoms with Gasteiger partial charge in [-0.25, -0.2) is 4.39 Å². The van der Waals surface area contributed by atoms with Crippen LogP contribution in [-0.4, -0.2) is 21.4 Å². The molecular formula is C13H18FN5O. The summed E-state index contributed by atoms with van der Waals surface area (Å²) in [5.74, 6) is 0.492. The molecule has 3 N–H and O–H groups in total. The highest BCUT2D eigenvalue weighted by Gasteiger charge is 2.10. The minimum atomic E-state index is -0.458. The Morgan fingerprint density at radius 1 is 1.45 bits per heavy atom. The molecule has 0 atom stereocenters. The van der Waals surface area contributed by atoms with Crippen molar-refractivity contribution in [3.05, 3.63) is 30.1 Å². The summed E-state index contributed by atoms with van der Waals surface area (Å²) >= 11 is 0. The van der Waals surface area contributed by atoms with Crippen molar-refractivity contribution in [2.75, 3.05) is 17.7 Å². The zero-order valence-corrected chi connectivity index (χ0v) is 11.6. The molecule has 0 bridgehead atoms. The Kier molecular flexibility index (Phi) is 4.39. The van der Waals surface area contributed by atoms with E-state index in [-0.39, 0.29) is 5.75 Å². The largest absolute Gasteiger partial charge is 0.490 e. The molecule has 0 saturated heterocycles. The Morgan fingerprint density at radius 2 is 2.25 bits per heavy atom. The van der Waals surface area contributed by atoms with Gasteiger partial charge in [0.05, 0.1) is 24.5 Å². The van der Waals surface area contributed by atoms with Crippen molar-refractivity contribution in [1.82, 2.24) is 14.8 Å². The summed E-state index contributed by atoms with van der Waals surface area (Å²) in [5, 5.41) is 10.8. The number of nitrogens with one attached hydrogen (secondary N) is 1. The molecule has 0 amide bonds. The van der Waals surface area contributed by atoms with E-state index in [0.29, 0.717) is 24.5 Å². The smallest absolute Gasteiger partial charge is 0.167 e. The predicted molar refractivity (Wildman–Crippen MR) is 74.9 cm³/mol. The fourth-order valence-corrected chi connectivity index (χ4v) is 1.69. The Bertz CT molecular complexity index is 584. The van der Waals surface area contributed by atoms with Crippen molar-refractivity contribution in [2.45, 2.75) is 19.9 Å².